The van der Waals surface area contributed by atoms with E-state index in [0.717, 1.165) is 6.04 Å². The fraction of sp³-hybridized carbons (Fsp3) is 1.00. The minimum absolute atomic E-state index is 0.655. The van der Waals surface area contributed by atoms with Crippen LogP contribution in [0.25, 0.3) is 0 Å². The molecule has 1 aliphatic carbocycles. The van der Waals surface area contributed by atoms with Crippen molar-refractivity contribution < 1.29 is 0 Å². The summed E-state index contributed by atoms with van der Waals surface area (Å²) in [5.41, 5.74) is 0. The Morgan fingerprint density at radius 1 is 1.54 bits per heavy atom. The molecular weight excluding hydrogens is 180 g/mol. The molecule has 1 saturated carbocycles. The van der Waals surface area contributed by atoms with Crippen LogP contribution in [0.15, 0.2) is 0 Å². The van der Waals surface area contributed by atoms with Gasteiger partial charge in [-0.2, -0.15) is 11.8 Å². The SMILES string of the molecule is CNC1CCN(CC2(SC)CC2)C1. The Bertz CT molecular complexity index is 180. The van der Waals surface area contributed by atoms with Crippen LogP contribution in [-0.4, -0.2) is 48.6 Å². The van der Waals surface area contributed by atoms with Crippen molar-refractivity contribution in [2.24, 2.45) is 0 Å². The summed E-state index contributed by atoms with van der Waals surface area (Å²) in [4.78, 5) is 2.63. The third kappa shape index (κ3) is 2.20. The molecule has 13 heavy (non-hydrogen) atoms. The van der Waals surface area contributed by atoms with Gasteiger partial charge in [0.1, 0.15) is 0 Å². The van der Waals surface area contributed by atoms with Crippen molar-refractivity contribution in [1.82, 2.24) is 10.2 Å². The van der Waals surface area contributed by atoms with E-state index in [1.807, 2.05) is 0 Å². The summed E-state index contributed by atoms with van der Waals surface area (Å²) in [5, 5.41) is 3.37. The molecule has 1 unspecified atom stereocenters. The van der Waals surface area contributed by atoms with Gasteiger partial charge in [0.15, 0.2) is 0 Å². The zero-order chi connectivity index (χ0) is 9.31. The van der Waals surface area contributed by atoms with Crippen LogP contribution < -0.4 is 5.32 Å². The van der Waals surface area contributed by atoms with Gasteiger partial charge in [-0.3, -0.25) is 0 Å². The highest BCUT2D eigenvalue weighted by Gasteiger charge is 2.43. The average molecular weight is 200 g/mol. The van der Waals surface area contributed by atoms with E-state index in [1.54, 1.807) is 0 Å². The maximum Gasteiger partial charge on any atom is 0.0285 e. The summed E-state index contributed by atoms with van der Waals surface area (Å²) in [6, 6.07) is 0.748. The van der Waals surface area contributed by atoms with Crippen molar-refractivity contribution in [2.45, 2.75) is 30.1 Å². The Balaban J connectivity index is 1.77. The fourth-order valence-electron chi connectivity index (χ4n) is 2.19. The Morgan fingerprint density at radius 3 is 2.77 bits per heavy atom. The van der Waals surface area contributed by atoms with E-state index in [4.69, 9.17) is 0 Å². The molecule has 0 radical (unpaired) electrons. The number of hydrogen-bond acceptors (Lipinski definition) is 3. The van der Waals surface area contributed by atoms with E-state index in [1.165, 1.54) is 38.9 Å². The molecule has 0 aromatic carbocycles. The maximum absolute atomic E-state index is 3.37. The standard InChI is InChI=1S/C10H20N2S/c1-11-9-3-6-12(7-9)8-10(13-2)4-5-10/h9,11H,3-8H2,1-2H3. The summed E-state index contributed by atoms with van der Waals surface area (Å²) < 4.78 is 0.655. The summed E-state index contributed by atoms with van der Waals surface area (Å²) in [6.07, 6.45) is 6.48. The Kier molecular flexibility index (Phi) is 2.86. The van der Waals surface area contributed by atoms with Gasteiger partial charge in [0.05, 0.1) is 0 Å². The molecule has 2 rings (SSSR count). The Morgan fingerprint density at radius 2 is 2.31 bits per heavy atom. The average Bonchev–Trinajstić information content (AvgIpc) is 2.77. The van der Waals surface area contributed by atoms with E-state index in [9.17, 15) is 0 Å². The Labute approximate surface area is 85.4 Å². The van der Waals surface area contributed by atoms with Gasteiger partial charge in [-0.15, -0.1) is 0 Å². The van der Waals surface area contributed by atoms with Crippen LogP contribution in [0.4, 0.5) is 0 Å². The normalized spacial score (nSPS) is 32.3. The molecule has 1 N–H and O–H groups in total. The summed E-state index contributed by atoms with van der Waals surface area (Å²) in [7, 11) is 2.08. The predicted molar refractivity (Wildman–Crippen MR) is 59.4 cm³/mol. The van der Waals surface area contributed by atoms with Crippen molar-refractivity contribution in [3.05, 3.63) is 0 Å². The monoisotopic (exact) mass is 200 g/mol. The lowest BCUT2D eigenvalue weighted by Crippen LogP contribution is -2.34. The number of thioether (sulfide) groups is 1. The van der Waals surface area contributed by atoms with Crippen molar-refractivity contribution in [3.63, 3.8) is 0 Å². The van der Waals surface area contributed by atoms with Crippen molar-refractivity contribution in [2.75, 3.05) is 32.9 Å². The van der Waals surface area contributed by atoms with Crippen LogP contribution >= 0.6 is 11.8 Å². The van der Waals surface area contributed by atoms with Gasteiger partial charge < -0.3 is 10.2 Å². The number of likely N-dealkylation sites (tertiary alicyclic amines) is 1. The second-order valence-corrected chi connectivity index (χ2v) is 5.67. The third-order valence-corrected chi connectivity index (χ3v) is 4.84. The van der Waals surface area contributed by atoms with Gasteiger partial charge in [-0.25, -0.2) is 0 Å². The second kappa shape index (κ2) is 3.79. The molecule has 2 aliphatic rings. The summed E-state index contributed by atoms with van der Waals surface area (Å²) >= 11 is 2.07. The minimum Gasteiger partial charge on any atom is -0.316 e. The predicted octanol–water partition coefficient (Wildman–Crippen LogP) is 1.18. The number of hydrogen-bond donors (Lipinski definition) is 1. The molecule has 3 heteroatoms. The first-order valence-corrected chi connectivity index (χ1v) is 6.45. The van der Waals surface area contributed by atoms with Gasteiger partial charge in [0.25, 0.3) is 0 Å². The van der Waals surface area contributed by atoms with Crippen LogP contribution in [0.1, 0.15) is 19.3 Å². The number of likely N-dealkylation sites (N-methyl/N-ethyl adjacent to an activating group) is 1. The first-order valence-electron chi connectivity index (χ1n) is 5.23. The maximum atomic E-state index is 3.37. The second-order valence-electron chi connectivity index (χ2n) is 4.40. The lowest BCUT2D eigenvalue weighted by molar-refractivity contribution is 0.326. The lowest BCUT2D eigenvalue weighted by Gasteiger charge is -2.21. The van der Waals surface area contributed by atoms with E-state index in [-0.39, 0.29) is 0 Å². The first kappa shape index (κ1) is 9.81. The van der Waals surface area contributed by atoms with Gasteiger partial charge in [0.2, 0.25) is 0 Å². The van der Waals surface area contributed by atoms with Crippen molar-refractivity contribution in [3.8, 4) is 0 Å². The molecule has 2 fully saturated rings. The molecule has 0 aromatic rings. The number of nitrogens with one attached hydrogen (secondary N) is 1. The van der Waals surface area contributed by atoms with Crippen LogP contribution in [0, 0.1) is 0 Å². The van der Waals surface area contributed by atoms with Crippen LogP contribution in [0.5, 0.6) is 0 Å². The zero-order valence-corrected chi connectivity index (χ0v) is 9.49. The van der Waals surface area contributed by atoms with E-state index >= 15 is 0 Å². The van der Waals surface area contributed by atoms with Gasteiger partial charge in [-0.1, -0.05) is 0 Å². The molecule has 1 atom stereocenters. The highest BCUT2D eigenvalue weighted by molar-refractivity contribution is 8.00. The van der Waals surface area contributed by atoms with Crippen molar-refractivity contribution in [1.29, 1.82) is 0 Å². The third-order valence-electron chi connectivity index (χ3n) is 3.43. The molecule has 0 spiro atoms. The van der Waals surface area contributed by atoms with Crippen LogP contribution in [-0.2, 0) is 0 Å². The molecule has 0 aromatic heterocycles. The minimum atomic E-state index is 0.655. The molecule has 76 valence electrons. The smallest absolute Gasteiger partial charge is 0.0285 e. The molecular formula is C10H20N2S. The summed E-state index contributed by atoms with van der Waals surface area (Å²) in [6.45, 7) is 3.89. The van der Waals surface area contributed by atoms with Gasteiger partial charge in [0, 0.05) is 23.9 Å². The van der Waals surface area contributed by atoms with Crippen LogP contribution in [0.3, 0.4) is 0 Å². The number of rotatable bonds is 4. The summed E-state index contributed by atoms with van der Waals surface area (Å²) in [5.74, 6) is 0. The molecule has 0 amide bonds. The first-order chi connectivity index (χ1) is 6.28. The van der Waals surface area contributed by atoms with Crippen LogP contribution in [0.2, 0.25) is 0 Å². The molecule has 0 bridgehead atoms. The molecule has 1 saturated heterocycles. The van der Waals surface area contributed by atoms with E-state index < -0.39 is 0 Å². The zero-order valence-electron chi connectivity index (χ0n) is 8.68. The molecule has 1 aliphatic heterocycles. The topological polar surface area (TPSA) is 15.3 Å². The van der Waals surface area contributed by atoms with Gasteiger partial charge in [-0.05, 0) is 39.1 Å². The highest BCUT2D eigenvalue weighted by Crippen LogP contribution is 2.47. The molecule has 2 nitrogen and oxygen atoms in total. The van der Waals surface area contributed by atoms with Crippen molar-refractivity contribution >= 4 is 11.8 Å². The lowest BCUT2D eigenvalue weighted by atomic mass is 10.3. The quantitative estimate of drug-likeness (QED) is 0.733. The van der Waals surface area contributed by atoms with E-state index in [2.05, 4.69) is 35.3 Å². The highest BCUT2D eigenvalue weighted by atomic mass is 32.2. The largest absolute Gasteiger partial charge is 0.316 e. The van der Waals surface area contributed by atoms with E-state index in [0.29, 0.717) is 4.75 Å². The van der Waals surface area contributed by atoms with Gasteiger partial charge >= 0.3 is 0 Å². The molecule has 1 heterocycles. The Hall–Kier alpha value is 0.270. The fourth-order valence-corrected chi connectivity index (χ4v) is 3.01. The number of nitrogens with zero attached hydrogens (tertiary/aromatic N) is 1.